The van der Waals surface area contributed by atoms with Gasteiger partial charge in [-0.15, -0.1) is 0 Å². The smallest absolute Gasteiger partial charge is 0.433 e. The van der Waals surface area contributed by atoms with E-state index in [1.54, 1.807) is 0 Å². The molecule has 0 spiro atoms. The third kappa shape index (κ3) is 2.38. The Hall–Kier alpha value is -2.29. The molecule has 146 valence electrons. The summed E-state index contributed by atoms with van der Waals surface area (Å²) in [6.07, 6.45) is 2.79. The molecule has 28 heavy (non-hydrogen) atoms. The number of hydrogen-bond acceptors (Lipinski definition) is 3. The Labute approximate surface area is 167 Å². The molecule has 3 heteroatoms. The first kappa shape index (κ1) is 17.8. The van der Waals surface area contributed by atoms with Gasteiger partial charge in [-0.1, -0.05) is 69.3 Å². The van der Waals surface area contributed by atoms with E-state index in [1.165, 1.54) is 28.7 Å². The second-order valence-electron chi connectivity index (χ2n) is 9.51. The van der Waals surface area contributed by atoms with E-state index in [9.17, 15) is 4.79 Å². The normalized spacial score (nSPS) is 29.4. The number of carbonyl (C=O) groups is 1. The van der Waals surface area contributed by atoms with Gasteiger partial charge in [0.05, 0.1) is 0 Å². The standard InChI is InChI=1S/C25H28O3/c1-24(2)16-12-13-25(24,3)22(14-16)28-23(26)27-15-21-19-10-6-4-8-17(19)18-9-5-7-11-20(18)21/h4-11,16,21-22H,12-15H2,1-3H3. The highest BCUT2D eigenvalue weighted by Crippen LogP contribution is 2.66. The summed E-state index contributed by atoms with van der Waals surface area (Å²) in [5.41, 5.74) is 5.21. The van der Waals surface area contributed by atoms with Crippen LogP contribution in [0.2, 0.25) is 0 Å². The summed E-state index contributed by atoms with van der Waals surface area (Å²) in [6, 6.07) is 16.8. The van der Waals surface area contributed by atoms with Gasteiger partial charge in [0.2, 0.25) is 0 Å². The maximum atomic E-state index is 12.6. The molecule has 2 bridgehead atoms. The molecule has 0 saturated heterocycles. The molecule has 3 aliphatic rings. The molecule has 0 radical (unpaired) electrons. The Morgan fingerprint density at radius 3 is 2.14 bits per heavy atom. The fourth-order valence-electron chi connectivity index (χ4n) is 6.05. The van der Waals surface area contributed by atoms with Crippen LogP contribution in [0.1, 0.15) is 57.1 Å². The first-order valence-corrected chi connectivity index (χ1v) is 10.4. The first-order valence-electron chi connectivity index (χ1n) is 10.4. The Morgan fingerprint density at radius 1 is 1.00 bits per heavy atom. The number of rotatable bonds is 3. The van der Waals surface area contributed by atoms with Crippen molar-refractivity contribution in [1.82, 2.24) is 0 Å². The molecule has 2 fully saturated rings. The van der Waals surface area contributed by atoms with Gasteiger partial charge in [0.15, 0.2) is 0 Å². The van der Waals surface area contributed by atoms with Gasteiger partial charge in [0.1, 0.15) is 12.7 Å². The van der Waals surface area contributed by atoms with Gasteiger partial charge >= 0.3 is 6.16 Å². The molecular weight excluding hydrogens is 348 g/mol. The summed E-state index contributed by atoms with van der Waals surface area (Å²) >= 11 is 0. The molecule has 3 atom stereocenters. The van der Waals surface area contributed by atoms with Gasteiger partial charge in [-0.05, 0) is 52.8 Å². The van der Waals surface area contributed by atoms with Crippen molar-refractivity contribution in [1.29, 1.82) is 0 Å². The molecule has 2 aromatic rings. The Bertz CT molecular complexity index is 885. The monoisotopic (exact) mass is 376 g/mol. The highest BCUT2D eigenvalue weighted by molar-refractivity contribution is 5.78. The maximum absolute atomic E-state index is 12.6. The van der Waals surface area contributed by atoms with Crippen LogP contribution >= 0.6 is 0 Å². The molecule has 5 rings (SSSR count). The van der Waals surface area contributed by atoms with E-state index >= 15 is 0 Å². The molecule has 0 aromatic heterocycles. The van der Waals surface area contributed by atoms with E-state index in [2.05, 4.69) is 57.2 Å². The van der Waals surface area contributed by atoms with Crippen molar-refractivity contribution in [2.45, 2.75) is 52.1 Å². The van der Waals surface area contributed by atoms with E-state index < -0.39 is 6.16 Å². The van der Waals surface area contributed by atoms with Crippen molar-refractivity contribution in [2.24, 2.45) is 16.7 Å². The van der Waals surface area contributed by atoms with E-state index in [1.807, 2.05) is 12.1 Å². The second kappa shape index (κ2) is 6.10. The van der Waals surface area contributed by atoms with Crippen molar-refractivity contribution < 1.29 is 14.3 Å². The van der Waals surface area contributed by atoms with Crippen LogP contribution in [0.3, 0.4) is 0 Å². The molecule has 2 saturated carbocycles. The molecule has 2 aromatic carbocycles. The minimum absolute atomic E-state index is 0.0306. The van der Waals surface area contributed by atoms with Gasteiger partial charge in [0.25, 0.3) is 0 Å². The largest absolute Gasteiger partial charge is 0.508 e. The summed E-state index contributed by atoms with van der Waals surface area (Å²) < 4.78 is 11.5. The summed E-state index contributed by atoms with van der Waals surface area (Å²) in [7, 11) is 0. The lowest BCUT2D eigenvalue weighted by atomic mass is 9.70. The molecule has 0 aliphatic heterocycles. The average molecular weight is 376 g/mol. The van der Waals surface area contributed by atoms with Gasteiger partial charge < -0.3 is 9.47 Å². The highest BCUT2D eigenvalue weighted by atomic mass is 16.7. The fourth-order valence-corrected chi connectivity index (χ4v) is 6.05. The summed E-state index contributed by atoms with van der Waals surface area (Å²) in [6.45, 7) is 7.25. The van der Waals surface area contributed by atoms with Crippen LogP contribution in [0.15, 0.2) is 48.5 Å². The van der Waals surface area contributed by atoms with Crippen LogP contribution in [0, 0.1) is 16.7 Å². The molecule has 3 unspecified atom stereocenters. The molecule has 3 nitrogen and oxygen atoms in total. The van der Waals surface area contributed by atoms with Crippen LogP contribution in [0.25, 0.3) is 11.1 Å². The summed E-state index contributed by atoms with van der Waals surface area (Å²) in [5.74, 6) is 0.718. The van der Waals surface area contributed by atoms with Crippen LogP contribution in [-0.2, 0) is 9.47 Å². The fraction of sp³-hybridized carbons (Fsp3) is 0.480. The van der Waals surface area contributed by atoms with Crippen molar-refractivity contribution in [3.8, 4) is 11.1 Å². The predicted molar refractivity (Wildman–Crippen MR) is 109 cm³/mol. The quantitative estimate of drug-likeness (QED) is 0.601. The summed E-state index contributed by atoms with van der Waals surface area (Å²) in [4.78, 5) is 12.6. The van der Waals surface area contributed by atoms with E-state index in [-0.39, 0.29) is 22.9 Å². The number of fused-ring (bicyclic) bond motifs is 5. The minimum atomic E-state index is -0.517. The van der Waals surface area contributed by atoms with Crippen molar-refractivity contribution in [3.05, 3.63) is 59.7 Å². The lowest BCUT2D eigenvalue weighted by Gasteiger charge is -2.38. The number of hydrogen-bond donors (Lipinski definition) is 0. The zero-order chi connectivity index (χ0) is 19.5. The van der Waals surface area contributed by atoms with Gasteiger partial charge in [-0.2, -0.15) is 0 Å². The van der Waals surface area contributed by atoms with E-state index in [4.69, 9.17) is 9.47 Å². The van der Waals surface area contributed by atoms with Crippen molar-refractivity contribution >= 4 is 6.16 Å². The third-order valence-electron chi connectivity index (χ3n) is 8.28. The molecular formula is C25H28O3. The van der Waals surface area contributed by atoms with E-state index in [0.29, 0.717) is 12.5 Å². The number of benzene rings is 2. The van der Waals surface area contributed by atoms with Crippen molar-refractivity contribution in [2.75, 3.05) is 6.61 Å². The Balaban J connectivity index is 1.29. The minimum Gasteiger partial charge on any atom is -0.433 e. The van der Waals surface area contributed by atoms with Crippen LogP contribution < -0.4 is 0 Å². The van der Waals surface area contributed by atoms with Gasteiger partial charge in [-0.25, -0.2) is 4.79 Å². The SMILES string of the molecule is CC1(C)C2CCC1(C)C(OC(=O)OCC1c3ccccc3-c3ccccc31)C2. The second-order valence-corrected chi connectivity index (χ2v) is 9.51. The van der Waals surface area contributed by atoms with E-state index in [0.717, 1.165) is 12.8 Å². The zero-order valence-electron chi connectivity index (χ0n) is 16.9. The van der Waals surface area contributed by atoms with Crippen LogP contribution in [0.4, 0.5) is 4.79 Å². The zero-order valence-corrected chi connectivity index (χ0v) is 16.9. The van der Waals surface area contributed by atoms with Crippen molar-refractivity contribution in [3.63, 3.8) is 0 Å². The molecule has 0 heterocycles. The third-order valence-corrected chi connectivity index (χ3v) is 8.28. The lowest BCUT2D eigenvalue weighted by Crippen LogP contribution is -2.38. The highest BCUT2D eigenvalue weighted by Gasteiger charge is 2.63. The van der Waals surface area contributed by atoms with Crippen LogP contribution in [0.5, 0.6) is 0 Å². The predicted octanol–water partition coefficient (Wildman–Crippen LogP) is 6.17. The Morgan fingerprint density at radius 2 is 1.61 bits per heavy atom. The van der Waals surface area contributed by atoms with Gasteiger partial charge in [-0.3, -0.25) is 0 Å². The maximum Gasteiger partial charge on any atom is 0.508 e. The topological polar surface area (TPSA) is 35.5 Å². The number of carbonyl (C=O) groups excluding carboxylic acids is 1. The molecule has 3 aliphatic carbocycles. The molecule has 0 amide bonds. The first-order chi connectivity index (χ1) is 13.4. The number of ether oxygens (including phenoxy) is 2. The van der Waals surface area contributed by atoms with Gasteiger partial charge in [0, 0.05) is 11.3 Å². The Kier molecular flexibility index (Phi) is 3.88. The summed E-state index contributed by atoms with van der Waals surface area (Å²) in [5, 5.41) is 0. The average Bonchev–Trinajstić information content (AvgIpc) is 3.19. The lowest BCUT2D eigenvalue weighted by molar-refractivity contribution is -0.0389. The molecule has 0 N–H and O–H groups in total. The van der Waals surface area contributed by atoms with Crippen LogP contribution in [-0.4, -0.2) is 18.9 Å².